The van der Waals surface area contributed by atoms with Crippen LogP contribution in [0.15, 0.2) is 42.6 Å². The Hall–Kier alpha value is -2.01. The van der Waals surface area contributed by atoms with Crippen LogP contribution in [-0.4, -0.2) is 56.2 Å². The zero-order chi connectivity index (χ0) is 19.6. The molecule has 1 aromatic carbocycles. The minimum atomic E-state index is -4.75. The summed E-state index contributed by atoms with van der Waals surface area (Å²) in [6.07, 6.45) is -6.90. The highest BCUT2D eigenvalue weighted by atomic mass is 32.2. The van der Waals surface area contributed by atoms with Crippen LogP contribution >= 0.6 is 11.8 Å². The largest absolute Gasteiger partial charge is 0.573 e. The van der Waals surface area contributed by atoms with Crippen molar-refractivity contribution in [1.82, 2.24) is 4.98 Å². The first kappa shape index (κ1) is 19.7. The van der Waals surface area contributed by atoms with Crippen LogP contribution in [0.5, 0.6) is 11.5 Å². The van der Waals surface area contributed by atoms with Gasteiger partial charge in [-0.25, -0.2) is 0 Å². The topological polar surface area (TPSA) is 92.0 Å². The van der Waals surface area contributed by atoms with E-state index < -0.39 is 30.1 Å². The van der Waals surface area contributed by atoms with E-state index in [-0.39, 0.29) is 11.5 Å². The number of hydrogen-bond donors (Lipinski definition) is 3. The lowest BCUT2D eigenvalue weighted by molar-refractivity contribution is -0.274. The average Bonchev–Trinajstić information content (AvgIpc) is 2.62. The monoisotopic (exact) mass is 403 g/mol. The quantitative estimate of drug-likeness (QED) is 0.721. The Balaban J connectivity index is 1.65. The van der Waals surface area contributed by atoms with Crippen molar-refractivity contribution >= 4 is 11.8 Å². The molecule has 0 unspecified atom stereocenters. The normalized spacial score (nSPS) is 25.9. The van der Waals surface area contributed by atoms with Gasteiger partial charge < -0.3 is 24.8 Å². The number of alkyl halides is 3. The number of thioether (sulfide) groups is 1. The van der Waals surface area contributed by atoms with Crippen LogP contribution in [0.25, 0.3) is 11.3 Å². The number of rotatable bonds is 4. The van der Waals surface area contributed by atoms with E-state index in [1.54, 1.807) is 12.1 Å². The fraction of sp³-hybridized carbons (Fsp3) is 0.353. The van der Waals surface area contributed by atoms with Crippen LogP contribution < -0.4 is 9.47 Å². The van der Waals surface area contributed by atoms with E-state index in [9.17, 15) is 28.5 Å². The number of aliphatic hydroxyl groups excluding tert-OH is 3. The van der Waals surface area contributed by atoms with Crippen molar-refractivity contribution in [1.29, 1.82) is 0 Å². The molecule has 1 fully saturated rings. The molecule has 2 heterocycles. The number of halogens is 3. The van der Waals surface area contributed by atoms with Crippen LogP contribution in [0.3, 0.4) is 0 Å². The van der Waals surface area contributed by atoms with Crippen LogP contribution in [0.2, 0.25) is 0 Å². The van der Waals surface area contributed by atoms with Crippen LogP contribution in [-0.2, 0) is 0 Å². The Bertz CT molecular complexity index is 757. The molecule has 146 valence electrons. The van der Waals surface area contributed by atoms with Crippen LogP contribution in [0.1, 0.15) is 0 Å². The standard InChI is InChI=1S/C17H16F3NO5S/c18-17(19,20)26-10-3-1-9(2-4-10)12-6-5-11(7-21-12)25-16-15(24)14(23)13(22)8-27-16/h1-7,13-16,22-24H,8H2/t13-,14+,15-,16+/m1/s1. The molecule has 0 aliphatic carbocycles. The zero-order valence-corrected chi connectivity index (χ0v) is 14.5. The van der Waals surface area contributed by atoms with Gasteiger partial charge in [-0.1, -0.05) is 0 Å². The summed E-state index contributed by atoms with van der Waals surface area (Å²) >= 11 is 1.17. The number of nitrogens with zero attached hydrogens (tertiary/aromatic N) is 1. The smallest absolute Gasteiger partial charge is 0.475 e. The Morgan fingerprint density at radius 2 is 1.63 bits per heavy atom. The third-order valence-electron chi connectivity index (χ3n) is 3.83. The lowest BCUT2D eigenvalue weighted by Gasteiger charge is -2.34. The van der Waals surface area contributed by atoms with E-state index in [0.29, 0.717) is 17.0 Å². The minimum Gasteiger partial charge on any atom is -0.475 e. The summed E-state index contributed by atoms with van der Waals surface area (Å²) in [5, 5.41) is 29.1. The molecule has 0 amide bonds. The minimum absolute atomic E-state index is 0.223. The molecule has 1 saturated heterocycles. The predicted molar refractivity (Wildman–Crippen MR) is 91.3 cm³/mol. The molecule has 3 rings (SSSR count). The summed E-state index contributed by atoms with van der Waals surface area (Å²) in [6, 6.07) is 8.48. The van der Waals surface area contributed by atoms with Gasteiger partial charge in [0.1, 0.15) is 23.7 Å². The van der Waals surface area contributed by atoms with Gasteiger partial charge >= 0.3 is 6.36 Å². The fourth-order valence-electron chi connectivity index (χ4n) is 2.47. The maximum atomic E-state index is 12.2. The third-order valence-corrected chi connectivity index (χ3v) is 5.06. The molecular weight excluding hydrogens is 387 g/mol. The molecule has 0 spiro atoms. The van der Waals surface area contributed by atoms with Crippen LogP contribution in [0, 0.1) is 0 Å². The first-order valence-corrected chi connectivity index (χ1v) is 8.92. The van der Waals surface area contributed by atoms with Crippen LogP contribution in [0.4, 0.5) is 13.2 Å². The molecule has 6 nitrogen and oxygen atoms in total. The van der Waals surface area contributed by atoms with E-state index >= 15 is 0 Å². The number of hydrogen-bond acceptors (Lipinski definition) is 7. The Morgan fingerprint density at radius 1 is 0.963 bits per heavy atom. The first-order chi connectivity index (χ1) is 12.7. The van der Waals surface area contributed by atoms with Gasteiger partial charge in [0.2, 0.25) is 0 Å². The maximum Gasteiger partial charge on any atom is 0.573 e. The second-order valence-corrected chi connectivity index (χ2v) is 6.95. The molecule has 3 N–H and O–H groups in total. The summed E-state index contributed by atoms with van der Waals surface area (Å²) < 4.78 is 45.9. The molecule has 0 radical (unpaired) electrons. The van der Waals surface area contributed by atoms with Gasteiger partial charge in [-0.15, -0.1) is 24.9 Å². The van der Waals surface area contributed by atoms with E-state index in [2.05, 4.69) is 9.72 Å². The van der Waals surface area contributed by atoms with Crippen molar-refractivity contribution in [3.63, 3.8) is 0 Å². The Labute approximate surface area is 156 Å². The molecule has 0 saturated carbocycles. The second-order valence-electron chi connectivity index (χ2n) is 5.82. The summed E-state index contributed by atoms with van der Waals surface area (Å²) in [7, 11) is 0. The summed E-state index contributed by atoms with van der Waals surface area (Å²) in [5.74, 6) is 0.243. The molecule has 0 bridgehead atoms. The van der Waals surface area contributed by atoms with Crippen molar-refractivity contribution < 1.29 is 38.0 Å². The van der Waals surface area contributed by atoms with E-state index in [1.165, 1.54) is 42.2 Å². The Morgan fingerprint density at radius 3 is 2.22 bits per heavy atom. The summed E-state index contributed by atoms with van der Waals surface area (Å²) in [5.41, 5.74) is 0.338. The SMILES string of the molecule is O[C@@H]1[C@@H](O)[C@@H](Oc2ccc(-c3ccc(OC(F)(F)F)cc3)nc2)SC[C@H]1O. The number of pyridine rings is 1. The van der Waals surface area contributed by atoms with Gasteiger partial charge in [-0.05, 0) is 36.4 Å². The highest BCUT2D eigenvalue weighted by Gasteiger charge is 2.38. The van der Waals surface area contributed by atoms with Crippen molar-refractivity contribution in [3.8, 4) is 22.8 Å². The Kier molecular flexibility index (Phi) is 5.80. The average molecular weight is 403 g/mol. The number of aliphatic hydroxyl groups is 3. The van der Waals surface area contributed by atoms with Crippen molar-refractivity contribution in [2.24, 2.45) is 0 Å². The molecule has 1 aliphatic heterocycles. The number of aromatic nitrogens is 1. The zero-order valence-electron chi connectivity index (χ0n) is 13.7. The van der Waals surface area contributed by atoms with Gasteiger partial charge in [0.05, 0.1) is 18.0 Å². The van der Waals surface area contributed by atoms with Gasteiger partial charge in [-0.2, -0.15) is 0 Å². The van der Waals surface area contributed by atoms with Gasteiger partial charge in [0, 0.05) is 11.3 Å². The lowest BCUT2D eigenvalue weighted by atomic mass is 10.1. The van der Waals surface area contributed by atoms with Crippen molar-refractivity contribution in [2.45, 2.75) is 30.1 Å². The summed E-state index contributed by atoms with van der Waals surface area (Å²) in [6.45, 7) is 0. The van der Waals surface area contributed by atoms with Gasteiger partial charge in [-0.3, -0.25) is 4.98 Å². The molecule has 27 heavy (non-hydrogen) atoms. The fourth-order valence-corrected chi connectivity index (χ4v) is 3.59. The molecule has 4 atom stereocenters. The van der Waals surface area contributed by atoms with E-state index in [0.717, 1.165) is 0 Å². The molecule has 1 aliphatic rings. The lowest BCUT2D eigenvalue weighted by Crippen LogP contribution is -2.50. The van der Waals surface area contributed by atoms with E-state index in [4.69, 9.17) is 4.74 Å². The van der Waals surface area contributed by atoms with E-state index in [1.807, 2.05) is 0 Å². The molecule has 2 aromatic rings. The first-order valence-electron chi connectivity index (χ1n) is 7.87. The number of benzene rings is 1. The highest BCUT2D eigenvalue weighted by molar-refractivity contribution is 7.99. The second kappa shape index (κ2) is 7.93. The number of ether oxygens (including phenoxy) is 2. The molecular formula is C17H16F3NO5S. The third kappa shape index (κ3) is 5.04. The van der Waals surface area contributed by atoms with Crippen molar-refractivity contribution in [3.05, 3.63) is 42.6 Å². The highest BCUT2D eigenvalue weighted by Crippen LogP contribution is 2.30. The molecule has 1 aromatic heterocycles. The maximum absolute atomic E-state index is 12.2. The summed E-state index contributed by atoms with van der Waals surface area (Å²) in [4.78, 5) is 4.19. The molecule has 10 heteroatoms. The van der Waals surface area contributed by atoms with Gasteiger partial charge in [0.25, 0.3) is 0 Å². The predicted octanol–water partition coefficient (Wildman–Crippen LogP) is 2.18. The van der Waals surface area contributed by atoms with Crippen molar-refractivity contribution in [2.75, 3.05) is 5.75 Å². The van der Waals surface area contributed by atoms with Gasteiger partial charge in [0.15, 0.2) is 5.44 Å².